The predicted octanol–water partition coefficient (Wildman–Crippen LogP) is 0.703. The third-order valence-corrected chi connectivity index (χ3v) is 3.59. The van der Waals surface area contributed by atoms with Crippen LogP contribution in [0.2, 0.25) is 0 Å². The molecule has 2 heterocycles. The molecule has 0 amide bonds. The van der Waals surface area contributed by atoms with E-state index in [-0.39, 0.29) is 11.2 Å². The Morgan fingerprint density at radius 1 is 1.00 bits per heavy atom. The molecule has 3 rings (SSSR count). The van der Waals surface area contributed by atoms with E-state index in [0.717, 1.165) is 15.9 Å². The molecule has 7 nitrogen and oxygen atoms in total. The van der Waals surface area contributed by atoms with Crippen molar-refractivity contribution in [1.82, 2.24) is 19.3 Å². The molecule has 2 aromatic heterocycles. The highest BCUT2D eigenvalue weighted by Crippen LogP contribution is 2.21. The molecule has 22 heavy (non-hydrogen) atoms. The molecule has 0 fully saturated rings. The van der Waals surface area contributed by atoms with Gasteiger partial charge in [-0.1, -0.05) is 0 Å². The Bertz CT molecular complexity index is 971. The van der Waals surface area contributed by atoms with Crippen LogP contribution in [-0.2, 0) is 14.1 Å². The molecular weight excluding hydrogens is 284 g/mol. The van der Waals surface area contributed by atoms with Gasteiger partial charge < -0.3 is 4.74 Å². The highest BCUT2D eigenvalue weighted by Gasteiger charge is 2.12. The number of ether oxygens (including phenoxy) is 1. The van der Waals surface area contributed by atoms with E-state index < -0.39 is 5.69 Å². The molecule has 0 spiro atoms. The summed E-state index contributed by atoms with van der Waals surface area (Å²) >= 11 is 0. The number of hydrogen-bond acceptors (Lipinski definition) is 5. The maximum absolute atomic E-state index is 12.2. The second-order valence-electron chi connectivity index (χ2n) is 4.90. The first-order chi connectivity index (χ1) is 10.5. The monoisotopic (exact) mass is 298 g/mol. The first-order valence-corrected chi connectivity index (χ1v) is 6.61. The summed E-state index contributed by atoms with van der Waals surface area (Å²) in [5, 5.41) is 8.49. The Kier molecular flexibility index (Phi) is 3.25. The molecule has 7 heteroatoms. The number of fused-ring (bicyclic) bond motifs is 1. The first kappa shape index (κ1) is 14.0. The third-order valence-electron chi connectivity index (χ3n) is 3.59. The lowest BCUT2D eigenvalue weighted by atomic mass is 10.1. The van der Waals surface area contributed by atoms with Gasteiger partial charge in [-0.25, -0.2) is 4.79 Å². The Balaban J connectivity index is 2.25. The summed E-state index contributed by atoms with van der Waals surface area (Å²) in [6.45, 7) is 0. The fourth-order valence-corrected chi connectivity index (χ4v) is 2.28. The van der Waals surface area contributed by atoms with Crippen LogP contribution < -0.4 is 16.0 Å². The second kappa shape index (κ2) is 5.10. The summed E-state index contributed by atoms with van der Waals surface area (Å²) in [5.74, 6) is 0.732. The maximum atomic E-state index is 12.2. The quantitative estimate of drug-likeness (QED) is 0.696. The van der Waals surface area contributed by atoms with Gasteiger partial charge >= 0.3 is 5.69 Å². The lowest BCUT2D eigenvalue weighted by Gasteiger charge is -2.07. The molecule has 112 valence electrons. The highest BCUT2D eigenvalue weighted by molar-refractivity contribution is 5.78. The van der Waals surface area contributed by atoms with E-state index >= 15 is 0 Å². The van der Waals surface area contributed by atoms with Crippen molar-refractivity contribution in [2.24, 2.45) is 14.1 Å². The summed E-state index contributed by atoms with van der Waals surface area (Å²) < 4.78 is 7.48. The van der Waals surface area contributed by atoms with Gasteiger partial charge in [0.25, 0.3) is 5.56 Å². The van der Waals surface area contributed by atoms with Crippen molar-refractivity contribution >= 4 is 11.0 Å². The van der Waals surface area contributed by atoms with Crippen molar-refractivity contribution in [3.8, 4) is 17.0 Å². The topological polar surface area (TPSA) is 79.0 Å². The van der Waals surface area contributed by atoms with E-state index in [1.807, 2.05) is 12.1 Å². The minimum Gasteiger partial charge on any atom is -0.497 e. The Morgan fingerprint density at radius 3 is 2.32 bits per heavy atom. The van der Waals surface area contributed by atoms with Crippen LogP contribution in [0.4, 0.5) is 0 Å². The van der Waals surface area contributed by atoms with E-state index in [1.54, 1.807) is 32.4 Å². The summed E-state index contributed by atoms with van der Waals surface area (Å²) in [6.07, 6.45) is 0. The summed E-state index contributed by atoms with van der Waals surface area (Å²) in [7, 11) is 4.60. The van der Waals surface area contributed by atoms with Crippen LogP contribution >= 0.6 is 0 Å². The van der Waals surface area contributed by atoms with Gasteiger partial charge in [0.2, 0.25) is 0 Å². The SMILES string of the molecule is COc1ccc(-c2cc3c(=O)n(C)c(=O)n(C)c3nn2)cc1. The zero-order valence-electron chi connectivity index (χ0n) is 12.4. The molecule has 1 aromatic carbocycles. The van der Waals surface area contributed by atoms with Crippen molar-refractivity contribution in [3.63, 3.8) is 0 Å². The van der Waals surface area contributed by atoms with E-state index in [9.17, 15) is 9.59 Å². The van der Waals surface area contributed by atoms with Crippen molar-refractivity contribution in [2.75, 3.05) is 7.11 Å². The molecule has 0 aliphatic carbocycles. The number of nitrogens with zero attached hydrogens (tertiary/aromatic N) is 4. The van der Waals surface area contributed by atoms with Gasteiger partial charge in [0.15, 0.2) is 5.65 Å². The largest absolute Gasteiger partial charge is 0.497 e. The summed E-state index contributed by atoms with van der Waals surface area (Å²) in [5.41, 5.74) is 0.828. The van der Waals surface area contributed by atoms with Gasteiger partial charge in [0.05, 0.1) is 18.2 Å². The minimum absolute atomic E-state index is 0.269. The Labute approximate surface area is 125 Å². The van der Waals surface area contributed by atoms with Crippen LogP contribution in [0.3, 0.4) is 0 Å². The van der Waals surface area contributed by atoms with Crippen LogP contribution in [0, 0.1) is 0 Å². The fraction of sp³-hybridized carbons (Fsp3) is 0.200. The molecule has 0 aliphatic heterocycles. The zero-order valence-corrected chi connectivity index (χ0v) is 12.4. The van der Waals surface area contributed by atoms with Gasteiger partial charge in [-0.2, -0.15) is 0 Å². The molecule has 3 aromatic rings. The number of hydrogen-bond donors (Lipinski definition) is 0. The average molecular weight is 298 g/mol. The minimum atomic E-state index is -0.427. The lowest BCUT2D eigenvalue weighted by molar-refractivity contribution is 0.415. The molecule has 0 unspecified atom stereocenters. The molecule has 0 N–H and O–H groups in total. The number of benzene rings is 1. The third kappa shape index (κ3) is 2.07. The van der Waals surface area contributed by atoms with Gasteiger partial charge in [-0.15, -0.1) is 10.2 Å². The lowest BCUT2D eigenvalue weighted by Crippen LogP contribution is -2.37. The van der Waals surface area contributed by atoms with E-state index in [1.165, 1.54) is 11.6 Å². The van der Waals surface area contributed by atoms with E-state index in [4.69, 9.17) is 4.74 Å². The highest BCUT2D eigenvalue weighted by atomic mass is 16.5. The van der Waals surface area contributed by atoms with Crippen LogP contribution in [0.5, 0.6) is 5.75 Å². The van der Waals surface area contributed by atoms with Gasteiger partial charge in [0.1, 0.15) is 5.75 Å². The Hall–Kier alpha value is -2.96. The van der Waals surface area contributed by atoms with Crippen molar-refractivity contribution in [2.45, 2.75) is 0 Å². The fourth-order valence-electron chi connectivity index (χ4n) is 2.28. The number of methoxy groups -OCH3 is 1. The first-order valence-electron chi connectivity index (χ1n) is 6.61. The average Bonchev–Trinajstić information content (AvgIpc) is 2.57. The molecule has 0 aliphatic rings. The molecule has 0 radical (unpaired) electrons. The van der Waals surface area contributed by atoms with Crippen molar-refractivity contribution in [1.29, 1.82) is 0 Å². The second-order valence-corrected chi connectivity index (χ2v) is 4.90. The van der Waals surface area contributed by atoms with Gasteiger partial charge in [-0.05, 0) is 30.3 Å². The molecule has 0 saturated carbocycles. The Morgan fingerprint density at radius 2 is 1.68 bits per heavy atom. The molecule has 0 atom stereocenters. The van der Waals surface area contributed by atoms with Crippen molar-refractivity contribution < 1.29 is 4.74 Å². The zero-order chi connectivity index (χ0) is 15.9. The van der Waals surface area contributed by atoms with E-state index in [0.29, 0.717) is 11.1 Å². The summed E-state index contributed by atoms with van der Waals surface area (Å²) in [4.78, 5) is 24.1. The van der Waals surface area contributed by atoms with Crippen molar-refractivity contribution in [3.05, 3.63) is 51.2 Å². The number of rotatable bonds is 2. The van der Waals surface area contributed by atoms with Crippen LogP contribution in [0.15, 0.2) is 39.9 Å². The smallest absolute Gasteiger partial charge is 0.332 e. The normalized spacial score (nSPS) is 10.9. The van der Waals surface area contributed by atoms with Crippen LogP contribution in [0.1, 0.15) is 0 Å². The predicted molar refractivity (Wildman–Crippen MR) is 82.0 cm³/mol. The van der Waals surface area contributed by atoms with Gasteiger partial charge in [0, 0.05) is 19.7 Å². The van der Waals surface area contributed by atoms with Crippen LogP contribution in [-0.4, -0.2) is 26.4 Å². The van der Waals surface area contributed by atoms with E-state index in [2.05, 4.69) is 10.2 Å². The molecule has 0 bridgehead atoms. The maximum Gasteiger partial charge on any atom is 0.332 e. The molecule has 0 saturated heterocycles. The number of aromatic nitrogens is 4. The number of aryl methyl sites for hydroxylation is 1. The standard InChI is InChI=1S/C15H14N4O3/c1-18-13-11(14(20)19(2)15(18)21)8-12(16-17-13)9-4-6-10(22-3)7-5-9/h4-8H,1-3H3. The van der Waals surface area contributed by atoms with Crippen LogP contribution in [0.25, 0.3) is 22.3 Å². The van der Waals surface area contributed by atoms with Gasteiger partial charge in [-0.3, -0.25) is 13.9 Å². The molecular formula is C15H14N4O3. The summed E-state index contributed by atoms with van der Waals surface area (Å²) in [6, 6.07) is 8.92.